The van der Waals surface area contributed by atoms with E-state index < -0.39 is 5.41 Å². The molecule has 1 aromatic carbocycles. The second kappa shape index (κ2) is 8.90. The van der Waals surface area contributed by atoms with Crippen LogP contribution in [-0.4, -0.2) is 31.5 Å². The number of hydrogen-bond acceptors (Lipinski definition) is 3. The van der Waals surface area contributed by atoms with Crippen LogP contribution in [0.25, 0.3) is 0 Å². The van der Waals surface area contributed by atoms with Gasteiger partial charge < -0.3 is 15.4 Å². The Hall–Kier alpha value is -1.26. The van der Waals surface area contributed by atoms with Crippen molar-refractivity contribution in [1.82, 2.24) is 4.90 Å². The smallest absolute Gasteiger partial charge is 0.230 e. The van der Waals surface area contributed by atoms with Gasteiger partial charge in [-0.05, 0) is 30.5 Å². The van der Waals surface area contributed by atoms with Gasteiger partial charge in [-0.25, -0.2) is 0 Å². The average Bonchev–Trinajstić information content (AvgIpc) is 2.49. The van der Waals surface area contributed by atoms with Crippen molar-refractivity contribution in [3.8, 4) is 5.75 Å². The first-order valence-electron chi connectivity index (χ1n) is 7.11. The molecule has 1 aromatic rings. The number of nitrogens with zero attached hydrogens (tertiary/aromatic N) is 1. The van der Waals surface area contributed by atoms with Crippen LogP contribution in [0.15, 0.2) is 24.3 Å². The molecule has 120 valence electrons. The number of benzene rings is 1. The molecule has 0 fully saturated rings. The highest BCUT2D eigenvalue weighted by Crippen LogP contribution is 2.28. The van der Waals surface area contributed by atoms with Crippen LogP contribution in [0.5, 0.6) is 5.75 Å². The Morgan fingerprint density at radius 1 is 1.33 bits per heavy atom. The number of rotatable bonds is 7. The lowest BCUT2D eigenvalue weighted by Crippen LogP contribution is -2.45. The topological polar surface area (TPSA) is 55.6 Å². The van der Waals surface area contributed by atoms with Gasteiger partial charge in [0.2, 0.25) is 5.91 Å². The molecule has 0 aliphatic heterocycles. The molecule has 4 nitrogen and oxygen atoms in total. The van der Waals surface area contributed by atoms with Crippen LogP contribution in [0.4, 0.5) is 0 Å². The Kier molecular flexibility index (Phi) is 8.37. The summed E-state index contributed by atoms with van der Waals surface area (Å²) in [4.78, 5) is 14.4. The fourth-order valence-corrected chi connectivity index (χ4v) is 2.45. The predicted octanol–water partition coefficient (Wildman–Crippen LogP) is 2.84. The number of halogens is 1. The second-order valence-corrected chi connectivity index (χ2v) is 5.20. The van der Waals surface area contributed by atoms with E-state index in [0.717, 1.165) is 24.2 Å². The predicted molar refractivity (Wildman–Crippen MR) is 88.8 cm³/mol. The summed E-state index contributed by atoms with van der Waals surface area (Å²) in [6.07, 6.45) is 1.53. The molecule has 0 saturated heterocycles. The fourth-order valence-electron chi connectivity index (χ4n) is 2.45. The minimum absolute atomic E-state index is 0. The van der Waals surface area contributed by atoms with E-state index in [2.05, 4.69) is 0 Å². The molecule has 0 unspecified atom stereocenters. The molecular weight excluding hydrogens is 288 g/mol. The SMILES string of the molecule is CCC(CC)(CN)C(=O)N(C)Cc1cccc(OC)c1.Cl. The first-order chi connectivity index (χ1) is 9.52. The van der Waals surface area contributed by atoms with Gasteiger partial charge in [-0.15, -0.1) is 12.4 Å². The van der Waals surface area contributed by atoms with E-state index in [4.69, 9.17) is 10.5 Å². The van der Waals surface area contributed by atoms with Crippen LogP contribution in [0.2, 0.25) is 0 Å². The summed E-state index contributed by atoms with van der Waals surface area (Å²) in [7, 11) is 3.47. The van der Waals surface area contributed by atoms with E-state index in [1.165, 1.54) is 0 Å². The lowest BCUT2D eigenvalue weighted by atomic mass is 9.81. The van der Waals surface area contributed by atoms with Gasteiger partial charge in [-0.2, -0.15) is 0 Å². The van der Waals surface area contributed by atoms with Gasteiger partial charge in [0.1, 0.15) is 5.75 Å². The number of carbonyl (C=O) groups is 1. The monoisotopic (exact) mass is 314 g/mol. The van der Waals surface area contributed by atoms with Gasteiger partial charge in [-0.1, -0.05) is 26.0 Å². The molecule has 21 heavy (non-hydrogen) atoms. The molecule has 0 aliphatic rings. The molecular formula is C16H27ClN2O2. The highest BCUT2D eigenvalue weighted by Gasteiger charge is 2.35. The van der Waals surface area contributed by atoms with E-state index in [1.54, 1.807) is 12.0 Å². The zero-order valence-electron chi connectivity index (χ0n) is 13.4. The van der Waals surface area contributed by atoms with Crippen LogP contribution in [0.1, 0.15) is 32.3 Å². The first-order valence-corrected chi connectivity index (χ1v) is 7.11. The minimum Gasteiger partial charge on any atom is -0.497 e. The van der Waals surface area contributed by atoms with Gasteiger partial charge in [0, 0.05) is 20.1 Å². The van der Waals surface area contributed by atoms with Crippen LogP contribution in [-0.2, 0) is 11.3 Å². The normalized spacial score (nSPS) is 10.7. The summed E-state index contributed by atoms with van der Waals surface area (Å²) in [5, 5.41) is 0. The van der Waals surface area contributed by atoms with E-state index in [0.29, 0.717) is 13.1 Å². The third-order valence-electron chi connectivity index (χ3n) is 4.10. The highest BCUT2D eigenvalue weighted by molar-refractivity contribution is 5.85. The van der Waals surface area contributed by atoms with Gasteiger partial charge in [0.15, 0.2) is 0 Å². The van der Waals surface area contributed by atoms with Crippen LogP contribution >= 0.6 is 12.4 Å². The second-order valence-electron chi connectivity index (χ2n) is 5.20. The van der Waals surface area contributed by atoms with Crippen molar-refractivity contribution >= 4 is 18.3 Å². The number of methoxy groups -OCH3 is 1. The number of nitrogens with two attached hydrogens (primary N) is 1. The van der Waals surface area contributed by atoms with Crippen molar-refractivity contribution in [1.29, 1.82) is 0 Å². The average molecular weight is 315 g/mol. The van der Waals surface area contributed by atoms with Gasteiger partial charge >= 0.3 is 0 Å². The zero-order valence-corrected chi connectivity index (χ0v) is 14.2. The molecule has 0 aliphatic carbocycles. The Morgan fingerprint density at radius 2 is 1.95 bits per heavy atom. The third kappa shape index (κ3) is 4.61. The number of amides is 1. The van der Waals surface area contributed by atoms with E-state index in [-0.39, 0.29) is 18.3 Å². The minimum atomic E-state index is -0.437. The van der Waals surface area contributed by atoms with Gasteiger partial charge in [0.05, 0.1) is 12.5 Å². The Balaban J connectivity index is 0.00000400. The maximum atomic E-state index is 12.6. The maximum absolute atomic E-state index is 12.6. The number of hydrogen-bond donors (Lipinski definition) is 1. The fraction of sp³-hybridized carbons (Fsp3) is 0.562. The summed E-state index contributed by atoms with van der Waals surface area (Å²) in [5.74, 6) is 0.923. The van der Waals surface area contributed by atoms with Crippen LogP contribution in [0.3, 0.4) is 0 Å². The molecule has 1 amide bonds. The summed E-state index contributed by atoms with van der Waals surface area (Å²) >= 11 is 0. The standard InChI is InChI=1S/C16H26N2O2.ClH/c1-5-16(6-2,12-17)15(19)18(3)11-13-8-7-9-14(10-13)20-4;/h7-10H,5-6,11-12,17H2,1-4H3;1H. The van der Waals surface area contributed by atoms with Gasteiger partial charge in [0.25, 0.3) is 0 Å². The first kappa shape index (κ1) is 19.7. The Morgan fingerprint density at radius 3 is 2.43 bits per heavy atom. The maximum Gasteiger partial charge on any atom is 0.230 e. The molecule has 0 aromatic heterocycles. The summed E-state index contributed by atoms with van der Waals surface area (Å²) in [6, 6.07) is 7.77. The molecule has 0 atom stereocenters. The lowest BCUT2D eigenvalue weighted by molar-refractivity contribution is -0.141. The molecule has 1 rings (SSSR count). The van der Waals surface area contributed by atoms with Crippen LogP contribution in [0, 0.1) is 5.41 Å². The summed E-state index contributed by atoms with van der Waals surface area (Å²) in [6.45, 7) is 5.00. The van der Waals surface area contributed by atoms with Crippen molar-refractivity contribution < 1.29 is 9.53 Å². The van der Waals surface area contributed by atoms with E-state index in [1.807, 2.05) is 45.2 Å². The largest absolute Gasteiger partial charge is 0.497 e. The molecule has 5 heteroatoms. The van der Waals surface area contributed by atoms with Crippen molar-refractivity contribution in [2.75, 3.05) is 20.7 Å². The van der Waals surface area contributed by atoms with Crippen LogP contribution < -0.4 is 10.5 Å². The molecule has 0 bridgehead atoms. The lowest BCUT2D eigenvalue weighted by Gasteiger charge is -2.33. The quantitative estimate of drug-likeness (QED) is 0.842. The van der Waals surface area contributed by atoms with Crippen molar-refractivity contribution in [2.45, 2.75) is 33.2 Å². The van der Waals surface area contributed by atoms with E-state index in [9.17, 15) is 4.79 Å². The Bertz CT molecular complexity index is 439. The molecule has 0 heterocycles. The number of ether oxygens (including phenoxy) is 1. The van der Waals surface area contributed by atoms with Crippen molar-refractivity contribution in [3.05, 3.63) is 29.8 Å². The van der Waals surface area contributed by atoms with Crippen molar-refractivity contribution in [2.24, 2.45) is 11.1 Å². The number of carbonyl (C=O) groups excluding carboxylic acids is 1. The summed E-state index contributed by atoms with van der Waals surface area (Å²) in [5.41, 5.74) is 6.46. The molecule has 0 spiro atoms. The zero-order chi connectivity index (χ0) is 15.2. The Labute approximate surface area is 134 Å². The third-order valence-corrected chi connectivity index (χ3v) is 4.10. The highest BCUT2D eigenvalue weighted by atomic mass is 35.5. The van der Waals surface area contributed by atoms with Crippen molar-refractivity contribution in [3.63, 3.8) is 0 Å². The molecule has 2 N–H and O–H groups in total. The van der Waals surface area contributed by atoms with Gasteiger partial charge in [-0.3, -0.25) is 4.79 Å². The van der Waals surface area contributed by atoms with E-state index >= 15 is 0 Å². The molecule has 0 radical (unpaired) electrons. The summed E-state index contributed by atoms with van der Waals surface area (Å²) < 4.78 is 5.20. The molecule has 0 saturated carbocycles.